The van der Waals surface area contributed by atoms with Gasteiger partial charge in [-0.15, -0.1) is 0 Å². The molecule has 1 aliphatic heterocycles. The molecule has 0 unspecified atom stereocenters. The van der Waals surface area contributed by atoms with E-state index in [1.165, 1.54) is 12.1 Å². The Morgan fingerprint density at radius 1 is 1.10 bits per heavy atom. The minimum Gasteiger partial charge on any atom is -0.490 e. The molecule has 268 valence electrons. The fraction of sp³-hybridized carbons (Fsp3) is 0.611. The van der Waals surface area contributed by atoms with Crippen LogP contribution in [-0.4, -0.2) is 104 Å². The van der Waals surface area contributed by atoms with Crippen molar-refractivity contribution in [1.82, 2.24) is 14.7 Å². The number of nitrogens with one attached hydrogen (secondary N) is 1. The van der Waals surface area contributed by atoms with Crippen molar-refractivity contribution >= 4 is 17.5 Å². The molecule has 0 spiro atoms. The smallest absolute Gasteiger partial charge is 0.416 e. The van der Waals surface area contributed by atoms with Gasteiger partial charge in [-0.05, 0) is 103 Å². The Bertz CT molecular complexity index is 1310. The lowest BCUT2D eigenvalue weighted by Crippen LogP contribution is -2.47. The van der Waals surface area contributed by atoms with Crippen molar-refractivity contribution in [1.29, 1.82) is 0 Å². The van der Waals surface area contributed by atoms with Gasteiger partial charge in [-0.2, -0.15) is 13.2 Å². The van der Waals surface area contributed by atoms with Crippen LogP contribution >= 0.6 is 0 Å². The average Bonchev–Trinajstić information content (AvgIpc) is 3.02. The minimum atomic E-state index is -4.39. The molecule has 2 aromatic carbocycles. The lowest BCUT2D eigenvalue weighted by molar-refractivity contribution is -0.137. The summed E-state index contributed by atoms with van der Waals surface area (Å²) in [5.41, 5.74) is 0.853. The highest BCUT2D eigenvalue weighted by atomic mass is 19.4. The Labute approximate surface area is 283 Å². The summed E-state index contributed by atoms with van der Waals surface area (Å²) in [6, 6.07) is 9.75. The van der Waals surface area contributed by atoms with E-state index in [4.69, 9.17) is 9.47 Å². The van der Waals surface area contributed by atoms with E-state index in [2.05, 4.69) is 5.32 Å². The van der Waals surface area contributed by atoms with Crippen LogP contribution in [0.15, 0.2) is 42.5 Å². The number of nitrogens with zero attached hydrogens (tertiary/aromatic N) is 3. The second-order valence-corrected chi connectivity index (χ2v) is 13.4. The summed E-state index contributed by atoms with van der Waals surface area (Å²) in [5, 5.41) is 13.1. The number of hydrogen-bond acceptors (Lipinski definition) is 7. The van der Waals surface area contributed by atoms with Gasteiger partial charge in [0.05, 0.1) is 36.0 Å². The van der Waals surface area contributed by atoms with Gasteiger partial charge in [0, 0.05) is 44.3 Å². The molecule has 1 aliphatic rings. The summed E-state index contributed by atoms with van der Waals surface area (Å²) in [6.07, 6.45) is -1.43. The molecule has 2 amide bonds. The first kappa shape index (κ1) is 39.3. The lowest BCUT2D eigenvalue weighted by atomic mass is 10.0. The van der Waals surface area contributed by atoms with E-state index in [9.17, 15) is 27.9 Å². The summed E-state index contributed by atoms with van der Waals surface area (Å²) in [4.78, 5) is 32.6. The summed E-state index contributed by atoms with van der Waals surface area (Å²) in [7, 11) is 5.80. The number of halogens is 3. The van der Waals surface area contributed by atoms with E-state index in [0.717, 1.165) is 43.5 Å². The maximum Gasteiger partial charge on any atom is 0.416 e. The molecule has 0 bridgehead atoms. The van der Waals surface area contributed by atoms with Gasteiger partial charge in [0.1, 0.15) is 5.75 Å². The molecule has 48 heavy (non-hydrogen) atoms. The number of fused-ring (bicyclic) bond motifs is 1. The van der Waals surface area contributed by atoms with Crippen LogP contribution in [0.5, 0.6) is 5.75 Å². The molecule has 9 nitrogen and oxygen atoms in total. The molecule has 0 fully saturated rings. The third-order valence-electron chi connectivity index (χ3n) is 8.57. The SMILES string of the molecule is C[C@@H]1CCCCO[C@@H](CN(C)Cc2ccc(C(F)(F)F)cc2)[C@H](C)CN([C@@H](C)CO)C(=O)c2cc(NC(=O)CCCN(C)C)ccc2O1. The van der Waals surface area contributed by atoms with Crippen LogP contribution in [0.25, 0.3) is 0 Å². The summed E-state index contributed by atoms with van der Waals surface area (Å²) in [6.45, 7) is 7.94. The average molecular weight is 679 g/mol. The summed E-state index contributed by atoms with van der Waals surface area (Å²) in [5.74, 6) is -0.219. The van der Waals surface area contributed by atoms with Crippen molar-refractivity contribution in [3.8, 4) is 5.75 Å². The number of benzene rings is 2. The van der Waals surface area contributed by atoms with Crippen LogP contribution in [0.1, 0.15) is 74.4 Å². The molecule has 12 heteroatoms. The van der Waals surface area contributed by atoms with Gasteiger partial charge >= 0.3 is 6.18 Å². The van der Waals surface area contributed by atoms with Gasteiger partial charge in [-0.25, -0.2) is 0 Å². The molecular formula is C36H53F3N4O5. The van der Waals surface area contributed by atoms with Gasteiger partial charge in [-0.1, -0.05) is 19.1 Å². The van der Waals surface area contributed by atoms with Crippen molar-refractivity contribution in [2.45, 2.75) is 83.8 Å². The van der Waals surface area contributed by atoms with Gasteiger partial charge < -0.3 is 29.7 Å². The lowest BCUT2D eigenvalue weighted by Gasteiger charge is -2.36. The fourth-order valence-electron chi connectivity index (χ4n) is 5.72. The Balaban J connectivity index is 1.85. The second kappa shape index (κ2) is 18.5. The van der Waals surface area contributed by atoms with Crippen LogP contribution in [-0.2, 0) is 22.3 Å². The predicted octanol–water partition coefficient (Wildman–Crippen LogP) is 5.91. The Hall–Kier alpha value is -3.19. The van der Waals surface area contributed by atoms with E-state index in [1.54, 1.807) is 30.0 Å². The first-order valence-corrected chi connectivity index (χ1v) is 16.8. The Kier molecular flexibility index (Phi) is 15.2. The number of alkyl halides is 3. The first-order valence-electron chi connectivity index (χ1n) is 16.8. The van der Waals surface area contributed by atoms with E-state index in [0.29, 0.717) is 49.5 Å². The number of anilines is 1. The standard InChI is InChI=1S/C36H53F3N4O5/c1-25-21-43(26(2)24-44)35(46)31-20-30(40-34(45)11-9-18-41(4)5)16-17-32(31)48-27(3)10-7-8-19-47-33(25)23-42(6)22-28-12-14-29(15-13-28)36(37,38)39/h12-17,20,25-27,33,44H,7-11,18-19,21-24H2,1-6H3,(H,40,45)/t25-,26+,27-,33+/m1/s1. The molecule has 2 N–H and O–H groups in total. The zero-order valence-electron chi connectivity index (χ0n) is 29.2. The molecule has 3 rings (SSSR count). The molecule has 4 atom stereocenters. The highest BCUT2D eigenvalue weighted by Gasteiger charge is 2.31. The summed E-state index contributed by atoms with van der Waals surface area (Å²) < 4.78 is 51.8. The van der Waals surface area contributed by atoms with Crippen LogP contribution in [0.4, 0.5) is 18.9 Å². The van der Waals surface area contributed by atoms with Crippen molar-refractivity contribution in [3.63, 3.8) is 0 Å². The topological polar surface area (TPSA) is 94.6 Å². The van der Waals surface area contributed by atoms with Crippen LogP contribution in [0, 0.1) is 5.92 Å². The number of aliphatic hydroxyl groups excluding tert-OH is 1. The van der Waals surface area contributed by atoms with Crippen LogP contribution < -0.4 is 10.1 Å². The normalized spacial score (nSPS) is 20.6. The zero-order valence-corrected chi connectivity index (χ0v) is 29.2. The first-order chi connectivity index (χ1) is 22.7. The number of hydrogen-bond donors (Lipinski definition) is 2. The third-order valence-corrected chi connectivity index (χ3v) is 8.57. The van der Waals surface area contributed by atoms with Crippen molar-refractivity contribution < 1.29 is 37.3 Å². The Morgan fingerprint density at radius 2 is 1.81 bits per heavy atom. The third kappa shape index (κ3) is 12.4. The zero-order chi connectivity index (χ0) is 35.4. The van der Waals surface area contributed by atoms with Crippen LogP contribution in [0.3, 0.4) is 0 Å². The largest absolute Gasteiger partial charge is 0.490 e. The van der Waals surface area contributed by atoms with Crippen molar-refractivity contribution in [2.24, 2.45) is 5.92 Å². The van der Waals surface area contributed by atoms with Gasteiger partial charge in [0.15, 0.2) is 0 Å². The molecule has 1 heterocycles. The monoisotopic (exact) mass is 678 g/mol. The fourth-order valence-corrected chi connectivity index (χ4v) is 5.72. The highest BCUT2D eigenvalue weighted by Crippen LogP contribution is 2.30. The maximum absolute atomic E-state index is 14.3. The molecule has 0 radical (unpaired) electrons. The number of carbonyl (C=O) groups excluding carboxylic acids is 2. The quantitative estimate of drug-likeness (QED) is 0.305. The maximum atomic E-state index is 14.3. The van der Waals surface area contributed by atoms with E-state index >= 15 is 0 Å². The number of amides is 2. The van der Waals surface area contributed by atoms with Crippen LogP contribution in [0.2, 0.25) is 0 Å². The molecule has 0 saturated heterocycles. The predicted molar refractivity (Wildman–Crippen MR) is 181 cm³/mol. The molecule has 0 aromatic heterocycles. The second-order valence-electron chi connectivity index (χ2n) is 13.4. The highest BCUT2D eigenvalue weighted by molar-refractivity contribution is 5.99. The molecule has 0 aliphatic carbocycles. The Morgan fingerprint density at radius 3 is 2.46 bits per heavy atom. The van der Waals surface area contributed by atoms with Gasteiger partial charge in [0.2, 0.25) is 5.91 Å². The number of aliphatic hydroxyl groups is 1. The molecular weight excluding hydrogens is 625 g/mol. The van der Waals surface area contributed by atoms with Gasteiger partial charge in [-0.3, -0.25) is 14.5 Å². The van der Waals surface area contributed by atoms with E-state index in [-0.39, 0.29) is 43.1 Å². The minimum absolute atomic E-state index is 0.144. The van der Waals surface area contributed by atoms with E-state index in [1.807, 2.05) is 44.8 Å². The van der Waals surface area contributed by atoms with Crippen molar-refractivity contribution in [2.75, 3.05) is 59.3 Å². The number of carbonyl (C=O) groups is 2. The number of rotatable bonds is 11. The molecule has 2 aromatic rings. The summed E-state index contributed by atoms with van der Waals surface area (Å²) >= 11 is 0. The number of likely N-dealkylation sites (N-methyl/N-ethyl adjacent to an activating group) is 1. The number of ether oxygens (including phenoxy) is 2. The van der Waals surface area contributed by atoms with Crippen molar-refractivity contribution in [3.05, 3.63) is 59.2 Å². The van der Waals surface area contributed by atoms with E-state index < -0.39 is 17.8 Å². The van der Waals surface area contributed by atoms with Gasteiger partial charge in [0.25, 0.3) is 5.91 Å². The molecule has 0 saturated carbocycles.